The van der Waals surface area contributed by atoms with E-state index in [9.17, 15) is 9.90 Å². The van der Waals surface area contributed by atoms with Crippen LogP contribution in [-0.4, -0.2) is 41.4 Å². The van der Waals surface area contributed by atoms with E-state index in [1.807, 2.05) is 30.5 Å². The van der Waals surface area contributed by atoms with Gasteiger partial charge in [0.15, 0.2) is 0 Å². The molecule has 1 aliphatic heterocycles. The van der Waals surface area contributed by atoms with Crippen molar-refractivity contribution in [3.63, 3.8) is 0 Å². The molecular formula is C13H17NO2S. The lowest BCUT2D eigenvalue weighted by Gasteiger charge is -2.23. The monoisotopic (exact) mass is 251 g/mol. The Bertz CT molecular complexity index is 408. The minimum atomic E-state index is -0.00240. The van der Waals surface area contributed by atoms with Gasteiger partial charge in [0.2, 0.25) is 0 Å². The Labute approximate surface area is 106 Å². The first kappa shape index (κ1) is 12.5. The summed E-state index contributed by atoms with van der Waals surface area (Å²) in [4.78, 5) is 15.2. The topological polar surface area (TPSA) is 40.5 Å². The number of aliphatic hydroxyl groups excluding tert-OH is 1. The van der Waals surface area contributed by atoms with Crippen molar-refractivity contribution in [1.82, 2.24) is 4.90 Å². The molecule has 0 saturated carbocycles. The summed E-state index contributed by atoms with van der Waals surface area (Å²) in [6, 6.07) is 7.65. The van der Waals surface area contributed by atoms with Gasteiger partial charge in [-0.15, -0.1) is 11.8 Å². The summed E-state index contributed by atoms with van der Waals surface area (Å²) >= 11 is 1.58. The van der Waals surface area contributed by atoms with Crippen molar-refractivity contribution in [1.29, 1.82) is 0 Å². The Balaban J connectivity index is 2.24. The molecule has 1 aromatic rings. The van der Waals surface area contributed by atoms with Crippen LogP contribution < -0.4 is 0 Å². The fourth-order valence-corrected chi connectivity index (χ4v) is 2.86. The maximum Gasteiger partial charge on any atom is 0.255 e. The quantitative estimate of drug-likeness (QED) is 0.835. The van der Waals surface area contributed by atoms with Crippen molar-refractivity contribution in [2.24, 2.45) is 0 Å². The fraction of sp³-hybridized carbons (Fsp3) is 0.462. The number of carbonyl (C=O) groups excluding carboxylic acids is 1. The first-order chi connectivity index (χ1) is 8.27. The third-order valence-electron chi connectivity index (χ3n) is 3.19. The maximum absolute atomic E-state index is 12.4. The molecule has 92 valence electrons. The maximum atomic E-state index is 12.4. The molecule has 1 fully saturated rings. The lowest BCUT2D eigenvalue weighted by atomic mass is 10.1. The molecule has 1 atom stereocenters. The molecule has 0 radical (unpaired) electrons. The van der Waals surface area contributed by atoms with Crippen LogP contribution >= 0.6 is 11.8 Å². The van der Waals surface area contributed by atoms with Crippen molar-refractivity contribution in [2.75, 3.05) is 19.4 Å². The van der Waals surface area contributed by atoms with Crippen molar-refractivity contribution < 1.29 is 9.90 Å². The van der Waals surface area contributed by atoms with Crippen LogP contribution in [0.5, 0.6) is 0 Å². The van der Waals surface area contributed by atoms with E-state index in [4.69, 9.17) is 0 Å². The Kier molecular flexibility index (Phi) is 4.07. The van der Waals surface area contributed by atoms with Gasteiger partial charge in [-0.3, -0.25) is 4.79 Å². The zero-order valence-electron chi connectivity index (χ0n) is 9.93. The summed E-state index contributed by atoms with van der Waals surface area (Å²) in [5.41, 5.74) is 0.750. The highest BCUT2D eigenvalue weighted by molar-refractivity contribution is 7.98. The molecule has 2 rings (SSSR count). The minimum Gasteiger partial charge on any atom is -0.394 e. The zero-order chi connectivity index (χ0) is 12.3. The van der Waals surface area contributed by atoms with E-state index < -0.39 is 0 Å². The number of rotatable bonds is 3. The number of hydrogen-bond donors (Lipinski definition) is 1. The Morgan fingerprint density at radius 1 is 1.53 bits per heavy atom. The number of likely N-dealkylation sites (tertiary alicyclic amines) is 1. The van der Waals surface area contributed by atoms with E-state index in [2.05, 4.69) is 0 Å². The van der Waals surface area contributed by atoms with Crippen LogP contribution in [0.15, 0.2) is 29.2 Å². The fourth-order valence-electron chi connectivity index (χ4n) is 2.27. The zero-order valence-corrected chi connectivity index (χ0v) is 10.7. The second-order valence-corrected chi connectivity index (χ2v) is 5.03. The van der Waals surface area contributed by atoms with Gasteiger partial charge in [0.25, 0.3) is 5.91 Å². The first-order valence-electron chi connectivity index (χ1n) is 5.82. The molecule has 4 heteroatoms. The van der Waals surface area contributed by atoms with Gasteiger partial charge in [-0.1, -0.05) is 12.1 Å². The smallest absolute Gasteiger partial charge is 0.255 e. The van der Waals surface area contributed by atoms with E-state index in [0.717, 1.165) is 29.8 Å². The van der Waals surface area contributed by atoms with Crippen LogP contribution in [0.1, 0.15) is 23.2 Å². The SMILES string of the molecule is CSc1ccccc1C(=O)N1CCC[C@@H]1CO. The molecule has 0 aromatic heterocycles. The number of carbonyl (C=O) groups is 1. The minimum absolute atomic E-state index is 0.00240. The second kappa shape index (κ2) is 5.56. The van der Waals surface area contributed by atoms with Crippen molar-refractivity contribution in [2.45, 2.75) is 23.8 Å². The van der Waals surface area contributed by atoms with Crippen LogP contribution in [0.4, 0.5) is 0 Å². The molecule has 0 bridgehead atoms. The summed E-state index contributed by atoms with van der Waals surface area (Å²) in [5.74, 6) is 0.0477. The van der Waals surface area contributed by atoms with Gasteiger partial charge >= 0.3 is 0 Å². The van der Waals surface area contributed by atoms with Crippen LogP contribution in [0.25, 0.3) is 0 Å². The van der Waals surface area contributed by atoms with Crippen molar-refractivity contribution in [3.05, 3.63) is 29.8 Å². The number of nitrogens with zero attached hydrogens (tertiary/aromatic N) is 1. The normalized spacial score (nSPS) is 19.6. The predicted molar refractivity (Wildman–Crippen MR) is 69.4 cm³/mol. The Hall–Kier alpha value is -1.00. The van der Waals surface area contributed by atoms with Gasteiger partial charge in [0.05, 0.1) is 18.2 Å². The van der Waals surface area contributed by atoms with E-state index in [1.165, 1.54) is 0 Å². The van der Waals surface area contributed by atoms with Gasteiger partial charge in [0, 0.05) is 11.4 Å². The van der Waals surface area contributed by atoms with E-state index in [1.54, 1.807) is 16.7 Å². The van der Waals surface area contributed by atoms with Gasteiger partial charge in [-0.2, -0.15) is 0 Å². The lowest BCUT2D eigenvalue weighted by Crippen LogP contribution is -2.37. The first-order valence-corrected chi connectivity index (χ1v) is 7.05. The number of amides is 1. The molecule has 1 N–H and O–H groups in total. The molecule has 1 aliphatic rings. The van der Waals surface area contributed by atoms with Crippen LogP contribution in [0.3, 0.4) is 0 Å². The highest BCUT2D eigenvalue weighted by Gasteiger charge is 2.29. The summed E-state index contributed by atoms with van der Waals surface area (Å²) < 4.78 is 0. The van der Waals surface area contributed by atoms with E-state index in [0.29, 0.717) is 0 Å². The third kappa shape index (κ3) is 2.48. The molecule has 1 aromatic carbocycles. The van der Waals surface area contributed by atoms with Gasteiger partial charge in [0.1, 0.15) is 0 Å². The number of aliphatic hydroxyl groups is 1. The molecule has 1 amide bonds. The Morgan fingerprint density at radius 3 is 3.00 bits per heavy atom. The summed E-state index contributed by atoms with van der Waals surface area (Å²) in [6.07, 6.45) is 3.86. The highest BCUT2D eigenvalue weighted by Crippen LogP contribution is 2.25. The number of hydrogen-bond acceptors (Lipinski definition) is 3. The molecular weight excluding hydrogens is 234 g/mol. The van der Waals surface area contributed by atoms with Crippen LogP contribution in [-0.2, 0) is 0 Å². The van der Waals surface area contributed by atoms with Gasteiger partial charge < -0.3 is 10.0 Å². The highest BCUT2D eigenvalue weighted by atomic mass is 32.2. The van der Waals surface area contributed by atoms with E-state index in [-0.39, 0.29) is 18.6 Å². The molecule has 17 heavy (non-hydrogen) atoms. The molecule has 3 nitrogen and oxygen atoms in total. The molecule has 1 saturated heterocycles. The van der Waals surface area contributed by atoms with Crippen LogP contribution in [0, 0.1) is 0 Å². The average Bonchev–Trinajstić information content (AvgIpc) is 2.86. The average molecular weight is 251 g/mol. The largest absolute Gasteiger partial charge is 0.394 e. The lowest BCUT2D eigenvalue weighted by molar-refractivity contribution is 0.0674. The van der Waals surface area contributed by atoms with Crippen molar-refractivity contribution in [3.8, 4) is 0 Å². The van der Waals surface area contributed by atoms with Gasteiger partial charge in [-0.05, 0) is 31.2 Å². The van der Waals surface area contributed by atoms with E-state index >= 15 is 0 Å². The molecule has 0 unspecified atom stereocenters. The number of thioether (sulfide) groups is 1. The van der Waals surface area contributed by atoms with Gasteiger partial charge in [-0.25, -0.2) is 0 Å². The second-order valence-electron chi connectivity index (χ2n) is 4.18. The number of benzene rings is 1. The predicted octanol–water partition coefficient (Wildman–Crippen LogP) is 2.01. The summed E-state index contributed by atoms with van der Waals surface area (Å²) in [6.45, 7) is 0.819. The third-order valence-corrected chi connectivity index (χ3v) is 3.98. The summed E-state index contributed by atoms with van der Waals surface area (Å²) in [7, 11) is 0. The molecule has 0 spiro atoms. The van der Waals surface area contributed by atoms with Crippen molar-refractivity contribution >= 4 is 17.7 Å². The molecule has 0 aliphatic carbocycles. The molecule has 1 heterocycles. The van der Waals surface area contributed by atoms with Crippen LogP contribution in [0.2, 0.25) is 0 Å². The summed E-state index contributed by atoms with van der Waals surface area (Å²) in [5, 5.41) is 9.26. The Morgan fingerprint density at radius 2 is 2.29 bits per heavy atom. The standard InChI is InChI=1S/C13H17NO2S/c1-17-12-7-3-2-6-11(12)13(16)14-8-4-5-10(14)9-15/h2-3,6-7,10,15H,4-5,8-9H2,1H3/t10-/m1/s1.